The number of hydrogen-bond donors (Lipinski definition) is 2. The minimum Gasteiger partial charge on any atom is -0.462 e. The lowest BCUT2D eigenvalue weighted by Crippen LogP contribution is -2.30. The first-order valence-corrected chi connectivity index (χ1v) is 30.0. The van der Waals surface area contributed by atoms with Gasteiger partial charge in [-0.3, -0.25) is 23.4 Å². The average molecular weight is 1030 g/mol. The largest absolute Gasteiger partial charge is 0.472 e. The zero-order chi connectivity index (χ0) is 52.7. The van der Waals surface area contributed by atoms with Crippen molar-refractivity contribution in [2.24, 2.45) is 0 Å². The van der Waals surface area contributed by atoms with Gasteiger partial charge < -0.3 is 24.2 Å². The number of unbranched alkanes of at least 4 members (excludes halogenated alkanes) is 21. The van der Waals surface area contributed by atoms with Crippen LogP contribution in [-0.2, 0) is 42.2 Å². The SMILES string of the molecule is CC/C=C\C/C=C\C/C=C\C/C=C\CCCCCCCCC(=O)OCC(COP(=O)(O)OCC(CO)OC(=O)CCCCCCCCCCCCCCC)OC(=O)CCCCC/C=C\C/C=C\C/C=C\CC. The number of carbonyl (C=O) groups excluding carboxylic acids is 3. The van der Waals surface area contributed by atoms with Gasteiger partial charge in [-0.2, -0.15) is 0 Å². The van der Waals surface area contributed by atoms with E-state index in [0.29, 0.717) is 19.3 Å². The first-order chi connectivity index (χ1) is 35.2. The average Bonchev–Trinajstić information content (AvgIpc) is 3.37. The van der Waals surface area contributed by atoms with E-state index in [1.165, 1.54) is 57.8 Å². The molecule has 12 heteroatoms. The maximum atomic E-state index is 12.9. The van der Waals surface area contributed by atoms with E-state index < -0.39 is 57.8 Å². The van der Waals surface area contributed by atoms with Crippen LogP contribution in [0.4, 0.5) is 0 Å². The van der Waals surface area contributed by atoms with Crippen molar-refractivity contribution in [3.63, 3.8) is 0 Å². The van der Waals surface area contributed by atoms with Crippen molar-refractivity contribution < 1.29 is 52.2 Å². The standard InChI is InChI=1S/C60H103O11P/c1-4-7-10-13-16-19-22-25-26-27-28-29-30-33-34-37-40-43-46-49-58(62)67-53-57(71-60(64)51-48-45-42-39-36-32-24-21-18-15-12-9-6-3)55-69-72(65,66)68-54-56(52-61)70-59(63)50-47-44-41-38-35-31-23-20-17-14-11-8-5-2/h7,9-10,12,16,18-19,21,25-26,28-29,32,36,56-57,61H,4-6,8,11,13-15,17,20,22-24,27,30-31,33-35,37-55H2,1-3H3,(H,65,66)/b10-7-,12-9-,19-16-,21-18-,26-25-,29-28-,36-32-. The molecule has 0 saturated carbocycles. The van der Waals surface area contributed by atoms with Crippen molar-refractivity contribution in [2.45, 2.75) is 251 Å². The summed E-state index contributed by atoms with van der Waals surface area (Å²) in [6, 6.07) is 0. The molecule has 0 aromatic rings. The zero-order valence-electron chi connectivity index (χ0n) is 45.6. The van der Waals surface area contributed by atoms with Gasteiger partial charge in [-0.15, -0.1) is 0 Å². The van der Waals surface area contributed by atoms with Crippen molar-refractivity contribution in [1.82, 2.24) is 0 Å². The molecular weight excluding hydrogens is 928 g/mol. The number of aliphatic hydroxyl groups is 1. The molecular formula is C60H103O11P. The van der Waals surface area contributed by atoms with Crippen molar-refractivity contribution in [1.29, 1.82) is 0 Å². The molecule has 3 atom stereocenters. The summed E-state index contributed by atoms with van der Waals surface area (Å²) in [6.45, 7) is 4.37. The summed E-state index contributed by atoms with van der Waals surface area (Å²) in [6.07, 6.45) is 61.2. The van der Waals surface area contributed by atoms with Crippen LogP contribution in [0, 0.1) is 0 Å². The Balaban J connectivity index is 4.75. The van der Waals surface area contributed by atoms with E-state index in [4.69, 9.17) is 23.3 Å². The van der Waals surface area contributed by atoms with Crippen LogP contribution in [0.15, 0.2) is 85.1 Å². The summed E-state index contributed by atoms with van der Waals surface area (Å²) in [5, 5.41) is 9.80. The van der Waals surface area contributed by atoms with E-state index in [0.717, 1.165) is 122 Å². The Hall–Kier alpha value is -3.34. The van der Waals surface area contributed by atoms with Gasteiger partial charge in [0.2, 0.25) is 0 Å². The number of ether oxygens (including phenoxy) is 3. The van der Waals surface area contributed by atoms with E-state index in [-0.39, 0.29) is 25.9 Å². The predicted molar refractivity (Wildman–Crippen MR) is 298 cm³/mol. The highest BCUT2D eigenvalue weighted by Gasteiger charge is 2.28. The Kier molecular flexibility index (Phi) is 51.4. The summed E-state index contributed by atoms with van der Waals surface area (Å²) in [5.74, 6) is -1.52. The van der Waals surface area contributed by atoms with E-state index in [2.05, 4.69) is 106 Å². The lowest BCUT2D eigenvalue weighted by atomic mass is 10.0. The number of esters is 3. The molecule has 0 radical (unpaired) electrons. The number of aliphatic hydroxyl groups excluding tert-OH is 1. The molecule has 0 amide bonds. The van der Waals surface area contributed by atoms with Gasteiger partial charge in [0, 0.05) is 19.3 Å². The lowest BCUT2D eigenvalue weighted by molar-refractivity contribution is -0.161. The summed E-state index contributed by atoms with van der Waals surface area (Å²) in [4.78, 5) is 48.5. The molecule has 72 heavy (non-hydrogen) atoms. The number of rotatable bonds is 52. The molecule has 0 aliphatic heterocycles. The fourth-order valence-electron chi connectivity index (χ4n) is 7.54. The quantitative estimate of drug-likeness (QED) is 0.0197. The first-order valence-electron chi connectivity index (χ1n) is 28.5. The summed E-state index contributed by atoms with van der Waals surface area (Å²) < 4.78 is 39.4. The van der Waals surface area contributed by atoms with Crippen LogP contribution in [0.25, 0.3) is 0 Å². The molecule has 414 valence electrons. The van der Waals surface area contributed by atoms with Crippen LogP contribution >= 0.6 is 7.82 Å². The zero-order valence-corrected chi connectivity index (χ0v) is 46.5. The second-order valence-electron chi connectivity index (χ2n) is 18.7. The Bertz CT molecular complexity index is 1530. The third kappa shape index (κ3) is 51.6. The predicted octanol–water partition coefficient (Wildman–Crippen LogP) is 16.7. The van der Waals surface area contributed by atoms with Gasteiger partial charge >= 0.3 is 25.7 Å². The van der Waals surface area contributed by atoms with Crippen LogP contribution < -0.4 is 0 Å². The second-order valence-corrected chi connectivity index (χ2v) is 20.1. The highest BCUT2D eigenvalue weighted by molar-refractivity contribution is 7.47. The van der Waals surface area contributed by atoms with Gasteiger partial charge in [0.1, 0.15) is 12.7 Å². The molecule has 0 aliphatic carbocycles. The minimum atomic E-state index is -4.76. The fourth-order valence-corrected chi connectivity index (χ4v) is 8.32. The van der Waals surface area contributed by atoms with Gasteiger partial charge in [0.15, 0.2) is 6.10 Å². The van der Waals surface area contributed by atoms with E-state index in [1.54, 1.807) is 0 Å². The molecule has 0 rings (SSSR count). The number of carbonyl (C=O) groups is 3. The molecule has 0 saturated heterocycles. The first kappa shape index (κ1) is 68.7. The maximum Gasteiger partial charge on any atom is 0.472 e. The molecule has 11 nitrogen and oxygen atoms in total. The Labute approximate surface area is 439 Å². The molecule has 0 aliphatic rings. The van der Waals surface area contributed by atoms with Gasteiger partial charge in [-0.25, -0.2) is 4.57 Å². The monoisotopic (exact) mass is 1030 g/mol. The van der Waals surface area contributed by atoms with Crippen molar-refractivity contribution in [3.05, 3.63) is 85.1 Å². The number of allylic oxidation sites excluding steroid dienone is 14. The Morgan fingerprint density at radius 2 is 0.722 bits per heavy atom. The third-order valence-electron chi connectivity index (χ3n) is 11.8. The Morgan fingerprint density at radius 3 is 1.12 bits per heavy atom. The number of hydrogen-bond acceptors (Lipinski definition) is 10. The smallest absolute Gasteiger partial charge is 0.462 e. The van der Waals surface area contributed by atoms with Gasteiger partial charge in [-0.05, 0) is 89.9 Å². The van der Waals surface area contributed by atoms with Crippen LogP contribution in [-0.4, -0.2) is 66.5 Å². The summed E-state index contributed by atoms with van der Waals surface area (Å²) in [5.41, 5.74) is 0. The Morgan fingerprint density at radius 1 is 0.403 bits per heavy atom. The summed E-state index contributed by atoms with van der Waals surface area (Å²) >= 11 is 0. The molecule has 0 spiro atoms. The molecule has 0 bridgehead atoms. The van der Waals surface area contributed by atoms with E-state index in [9.17, 15) is 28.9 Å². The number of phosphoric ester groups is 1. The van der Waals surface area contributed by atoms with Crippen molar-refractivity contribution in [3.8, 4) is 0 Å². The molecule has 0 fully saturated rings. The van der Waals surface area contributed by atoms with Crippen LogP contribution in [0.2, 0.25) is 0 Å². The molecule has 2 N–H and O–H groups in total. The molecule has 3 unspecified atom stereocenters. The van der Waals surface area contributed by atoms with Gasteiger partial charge in [0.05, 0.1) is 19.8 Å². The van der Waals surface area contributed by atoms with Crippen molar-refractivity contribution >= 4 is 25.7 Å². The maximum absolute atomic E-state index is 12.9. The highest BCUT2D eigenvalue weighted by atomic mass is 31.2. The van der Waals surface area contributed by atoms with E-state index in [1.807, 2.05) is 0 Å². The highest BCUT2D eigenvalue weighted by Crippen LogP contribution is 2.43. The van der Waals surface area contributed by atoms with Crippen LogP contribution in [0.3, 0.4) is 0 Å². The van der Waals surface area contributed by atoms with Crippen LogP contribution in [0.5, 0.6) is 0 Å². The second kappa shape index (κ2) is 53.9. The molecule has 0 heterocycles. The number of phosphoric acid groups is 1. The van der Waals surface area contributed by atoms with Crippen molar-refractivity contribution in [2.75, 3.05) is 26.4 Å². The third-order valence-corrected chi connectivity index (χ3v) is 12.8. The molecule has 0 aromatic carbocycles. The molecule has 0 aromatic heterocycles. The normalized spacial score (nSPS) is 14.0. The fraction of sp³-hybridized carbons (Fsp3) is 0.717. The summed E-state index contributed by atoms with van der Waals surface area (Å²) in [7, 11) is -4.76. The van der Waals surface area contributed by atoms with Gasteiger partial charge in [-0.1, -0.05) is 215 Å². The lowest BCUT2D eigenvalue weighted by Gasteiger charge is -2.21. The van der Waals surface area contributed by atoms with Crippen LogP contribution in [0.1, 0.15) is 239 Å². The van der Waals surface area contributed by atoms with E-state index >= 15 is 0 Å². The van der Waals surface area contributed by atoms with Gasteiger partial charge in [0.25, 0.3) is 0 Å². The minimum absolute atomic E-state index is 0.127. The topological polar surface area (TPSA) is 155 Å².